The SMILES string of the molecule is C=CCNc1nccc(NC2CCCC2)n1. The van der Waals surface area contributed by atoms with Crippen LogP contribution in [0, 0.1) is 0 Å². The van der Waals surface area contributed by atoms with E-state index in [1.54, 1.807) is 12.3 Å². The van der Waals surface area contributed by atoms with E-state index in [1.165, 1.54) is 25.7 Å². The number of nitrogens with one attached hydrogen (secondary N) is 2. The zero-order valence-corrected chi connectivity index (χ0v) is 9.45. The summed E-state index contributed by atoms with van der Waals surface area (Å²) in [6.45, 7) is 4.34. The van der Waals surface area contributed by atoms with Crippen molar-refractivity contribution in [3.63, 3.8) is 0 Å². The normalized spacial score (nSPS) is 16.0. The molecule has 1 fully saturated rings. The van der Waals surface area contributed by atoms with Gasteiger partial charge in [0, 0.05) is 18.8 Å². The quantitative estimate of drug-likeness (QED) is 0.745. The third kappa shape index (κ3) is 2.95. The topological polar surface area (TPSA) is 49.8 Å². The summed E-state index contributed by atoms with van der Waals surface area (Å²) in [5.41, 5.74) is 0. The van der Waals surface area contributed by atoms with Gasteiger partial charge in [-0.25, -0.2) is 4.98 Å². The predicted octanol–water partition coefficient (Wildman–Crippen LogP) is 2.43. The van der Waals surface area contributed by atoms with Gasteiger partial charge in [-0.05, 0) is 18.9 Å². The van der Waals surface area contributed by atoms with Crippen molar-refractivity contribution in [2.24, 2.45) is 0 Å². The monoisotopic (exact) mass is 218 g/mol. The Bertz CT molecular complexity index is 345. The fraction of sp³-hybridized carbons (Fsp3) is 0.500. The molecule has 4 heteroatoms. The fourth-order valence-corrected chi connectivity index (χ4v) is 1.97. The molecule has 1 aliphatic carbocycles. The largest absolute Gasteiger partial charge is 0.367 e. The zero-order chi connectivity index (χ0) is 11.2. The highest BCUT2D eigenvalue weighted by Gasteiger charge is 2.14. The van der Waals surface area contributed by atoms with Crippen LogP contribution >= 0.6 is 0 Å². The molecule has 0 atom stereocenters. The van der Waals surface area contributed by atoms with Crippen LogP contribution in [0.3, 0.4) is 0 Å². The first kappa shape index (κ1) is 10.9. The Hall–Kier alpha value is -1.58. The number of aromatic nitrogens is 2. The van der Waals surface area contributed by atoms with E-state index in [2.05, 4.69) is 27.2 Å². The molecule has 0 spiro atoms. The second-order valence-corrected chi connectivity index (χ2v) is 4.06. The van der Waals surface area contributed by atoms with E-state index in [1.807, 2.05) is 6.07 Å². The highest BCUT2D eigenvalue weighted by Crippen LogP contribution is 2.21. The average molecular weight is 218 g/mol. The fourth-order valence-electron chi connectivity index (χ4n) is 1.97. The summed E-state index contributed by atoms with van der Waals surface area (Å²) in [7, 11) is 0. The Morgan fingerprint density at radius 2 is 2.25 bits per heavy atom. The minimum atomic E-state index is 0.585. The molecule has 0 saturated heterocycles. The van der Waals surface area contributed by atoms with Crippen LogP contribution in [-0.4, -0.2) is 22.6 Å². The highest BCUT2D eigenvalue weighted by atomic mass is 15.1. The van der Waals surface area contributed by atoms with E-state index in [-0.39, 0.29) is 0 Å². The molecule has 1 aliphatic rings. The minimum Gasteiger partial charge on any atom is -0.367 e. The Labute approximate surface area is 96.2 Å². The van der Waals surface area contributed by atoms with Crippen LogP contribution in [0.2, 0.25) is 0 Å². The molecule has 2 rings (SSSR count). The summed E-state index contributed by atoms with van der Waals surface area (Å²) in [5, 5.41) is 6.52. The van der Waals surface area contributed by atoms with Gasteiger partial charge in [-0.2, -0.15) is 4.98 Å². The van der Waals surface area contributed by atoms with Gasteiger partial charge in [-0.3, -0.25) is 0 Å². The lowest BCUT2D eigenvalue weighted by molar-refractivity contribution is 0.750. The molecular formula is C12H18N4. The standard InChI is InChI=1S/C12H18N4/c1-2-8-13-12-14-9-7-11(16-12)15-10-5-3-4-6-10/h2,7,9-10H,1,3-6,8H2,(H2,13,14,15,16). The molecular weight excluding hydrogens is 200 g/mol. The molecule has 1 saturated carbocycles. The lowest BCUT2D eigenvalue weighted by atomic mass is 10.2. The maximum atomic E-state index is 4.39. The molecule has 1 aromatic heterocycles. The van der Waals surface area contributed by atoms with Gasteiger partial charge in [-0.15, -0.1) is 6.58 Å². The number of hydrogen-bond acceptors (Lipinski definition) is 4. The van der Waals surface area contributed by atoms with Crippen molar-refractivity contribution >= 4 is 11.8 Å². The number of rotatable bonds is 5. The van der Waals surface area contributed by atoms with Crippen LogP contribution in [0.4, 0.5) is 11.8 Å². The van der Waals surface area contributed by atoms with E-state index in [0.717, 1.165) is 5.82 Å². The van der Waals surface area contributed by atoms with E-state index in [0.29, 0.717) is 18.5 Å². The molecule has 86 valence electrons. The Morgan fingerprint density at radius 3 is 3.00 bits per heavy atom. The van der Waals surface area contributed by atoms with Crippen molar-refractivity contribution < 1.29 is 0 Å². The van der Waals surface area contributed by atoms with Gasteiger partial charge in [0.1, 0.15) is 5.82 Å². The summed E-state index contributed by atoms with van der Waals surface area (Å²) < 4.78 is 0. The minimum absolute atomic E-state index is 0.585. The highest BCUT2D eigenvalue weighted by molar-refractivity contribution is 5.40. The van der Waals surface area contributed by atoms with Crippen LogP contribution in [0.1, 0.15) is 25.7 Å². The van der Waals surface area contributed by atoms with E-state index >= 15 is 0 Å². The second-order valence-electron chi connectivity index (χ2n) is 4.06. The van der Waals surface area contributed by atoms with Crippen molar-refractivity contribution in [3.05, 3.63) is 24.9 Å². The molecule has 0 radical (unpaired) electrons. The van der Waals surface area contributed by atoms with Crippen molar-refractivity contribution in [3.8, 4) is 0 Å². The van der Waals surface area contributed by atoms with Gasteiger partial charge in [0.25, 0.3) is 0 Å². The third-order valence-electron chi connectivity index (χ3n) is 2.77. The molecule has 1 aromatic rings. The van der Waals surface area contributed by atoms with Gasteiger partial charge >= 0.3 is 0 Å². The first-order chi connectivity index (χ1) is 7.88. The van der Waals surface area contributed by atoms with Crippen LogP contribution in [0.25, 0.3) is 0 Å². The summed E-state index contributed by atoms with van der Waals surface area (Å²) in [4.78, 5) is 8.53. The average Bonchev–Trinajstić information content (AvgIpc) is 2.80. The first-order valence-electron chi connectivity index (χ1n) is 5.83. The lowest BCUT2D eigenvalue weighted by Crippen LogP contribution is -2.16. The molecule has 0 aromatic carbocycles. The van der Waals surface area contributed by atoms with Crippen LogP contribution < -0.4 is 10.6 Å². The molecule has 0 aliphatic heterocycles. The van der Waals surface area contributed by atoms with Crippen molar-refractivity contribution in [1.29, 1.82) is 0 Å². The summed E-state index contributed by atoms with van der Waals surface area (Å²) in [5.74, 6) is 1.57. The van der Waals surface area contributed by atoms with Crippen LogP contribution in [0.15, 0.2) is 24.9 Å². The van der Waals surface area contributed by atoms with E-state index in [9.17, 15) is 0 Å². The van der Waals surface area contributed by atoms with Gasteiger partial charge < -0.3 is 10.6 Å². The third-order valence-corrected chi connectivity index (χ3v) is 2.77. The number of hydrogen-bond donors (Lipinski definition) is 2. The van der Waals surface area contributed by atoms with Crippen molar-refractivity contribution in [2.45, 2.75) is 31.7 Å². The second kappa shape index (κ2) is 5.49. The first-order valence-corrected chi connectivity index (χ1v) is 5.83. The molecule has 16 heavy (non-hydrogen) atoms. The molecule has 2 N–H and O–H groups in total. The molecule has 0 bridgehead atoms. The molecule has 0 amide bonds. The van der Waals surface area contributed by atoms with Crippen LogP contribution in [0.5, 0.6) is 0 Å². The Balaban J connectivity index is 1.94. The van der Waals surface area contributed by atoms with Gasteiger partial charge in [-0.1, -0.05) is 18.9 Å². The molecule has 1 heterocycles. The number of nitrogens with zero attached hydrogens (tertiary/aromatic N) is 2. The summed E-state index contributed by atoms with van der Waals surface area (Å²) >= 11 is 0. The lowest BCUT2D eigenvalue weighted by Gasteiger charge is -2.12. The van der Waals surface area contributed by atoms with Gasteiger partial charge in [0.15, 0.2) is 0 Å². The predicted molar refractivity (Wildman–Crippen MR) is 66.6 cm³/mol. The zero-order valence-electron chi connectivity index (χ0n) is 9.45. The Kier molecular flexibility index (Phi) is 3.75. The van der Waals surface area contributed by atoms with Crippen LogP contribution in [-0.2, 0) is 0 Å². The molecule has 0 unspecified atom stereocenters. The summed E-state index contributed by atoms with van der Waals surface area (Å²) in [6, 6.07) is 2.50. The van der Waals surface area contributed by atoms with E-state index < -0.39 is 0 Å². The Morgan fingerprint density at radius 1 is 1.44 bits per heavy atom. The summed E-state index contributed by atoms with van der Waals surface area (Å²) in [6.07, 6.45) is 8.71. The number of anilines is 2. The van der Waals surface area contributed by atoms with E-state index in [4.69, 9.17) is 0 Å². The maximum absolute atomic E-state index is 4.39. The van der Waals surface area contributed by atoms with Gasteiger partial charge in [0.2, 0.25) is 5.95 Å². The maximum Gasteiger partial charge on any atom is 0.224 e. The smallest absolute Gasteiger partial charge is 0.224 e. The van der Waals surface area contributed by atoms with Crippen molar-refractivity contribution in [1.82, 2.24) is 9.97 Å². The van der Waals surface area contributed by atoms with Crippen molar-refractivity contribution in [2.75, 3.05) is 17.2 Å². The molecule has 4 nitrogen and oxygen atoms in total. The van der Waals surface area contributed by atoms with Gasteiger partial charge in [0.05, 0.1) is 0 Å².